The van der Waals surface area contributed by atoms with Gasteiger partial charge in [-0.05, 0) is 30.4 Å². The summed E-state index contributed by atoms with van der Waals surface area (Å²) in [6.45, 7) is 5.26. The molecule has 0 unspecified atom stereocenters. The molecule has 0 aliphatic rings. The van der Waals surface area contributed by atoms with Crippen LogP contribution in [0.15, 0.2) is 24.3 Å². The van der Waals surface area contributed by atoms with Crippen molar-refractivity contribution in [3.63, 3.8) is 0 Å². The summed E-state index contributed by atoms with van der Waals surface area (Å²) < 4.78 is 12.7. The molecule has 1 nitrogen and oxygen atoms in total. The van der Waals surface area contributed by atoms with E-state index in [4.69, 9.17) is 0 Å². The molecule has 0 aliphatic carbocycles. The molecule has 0 aliphatic heterocycles. The third-order valence-electron chi connectivity index (χ3n) is 2.27. The quantitative estimate of drug-likeness (QED) is 0.749. The van der Waals surface area contributed by atoms with Crippen LogP contribution in [0, 0.1) is 5.82 Å². The highest BCUT2D eigenvalue weighted by Crippen LogP contribution is 2.12. The van der Waals surface area contributed by atoms with Crippen molar-refractivity contribution in [3.8, 4) is 0 Å². The number of rotatable bonds is 6. The van der Waals surface area contributed by atoms with Crippen LogP contribution in [0.2, 0.25) is 0 Å². The second-order valence-corrected chi connectivity index (χ2v) is 4.82. The van der Waals surface area contributed by atoms with Crippen LogP contribution >= 0.6 is 11.8 Å². The topological polar surface area (TPSA) is 12.0 Å². The summed E-state index contributed by atoms with van der Waals surface area (Å²) in [5.41, 5.74) is 1.14. The molecule has 0 aromatic heterocycles. The van der Waals surface area contributed by atoms with Crippen LogP contribution in [0.25, 0.3) is 0 Å². The van der Waals surface area contributed by atoms with Crippen molar-refractivity contribution in [1.29, 1.82) is 0 Å². The fourth-order valence-corrected chi connectivity index (χ4v) is 1.91. The average molecular weight is 227 g/mol. The monoisotopic (exact) mass is 227 g/mol. The van der Waals surface area contributed by atoms with Crippen LogP contribution in [0.3, 0.4) is 0 Å². The van der Waals surface area contributed by atoms with Crippen LogP contribution in [0.1, 0.15) is 25.5 Å². The van der Waals surface area contributed by atoms with Gasteiger partial charge in [0.2, 0.25) is 0 Å². The molecule has 0 fully saturated rings. The maximum atomic E-state index is 12.7. The predicted octanol–water partition coefficient (Wildman–Crippen LogP) is 3.23. The molecule has 3 heteroatoms. The Balaban J connectivity index is 2.33. The Labute approximate surface area is 95.5 Å². The molecular weight excluding hydrogens is 209 g/mol. The molecule has 0 bridgehead atoms. The summed E-state index contributed by atoms with van der Waals surface area (Å²) in [5.74, 6) is 2.11. The Morgan fingerprint density at radius 1 is 1.33 bits per heavy atom. The molecule has 0 amide bonds. The van der Waals surface area contributed by atoms with Gasteiger partial charge in [-0.1, -0.05) is 19.1 Å². The normalized spacial score (nSPS) is 12.7. The molecule has 1 rings (SSSR count). The number of halogens is 1. The third-order valence-corrected chi connectivity index (χ3v) is 3.17. The van der Waals surface area contributed by atoms with Gasteiger partial charge in [0.15, 0.2) is 0 Å². The molecule has 1 atom stereocenters. The summed E-state index contributed by atoms with van der Waals surface area (Å²) in [7, 11) is 0. The minimum atomic E-state index is -0.174. The summed E-state index contributed by atoms with van der Waals surface area (Å²) >= 11 is 1.93. The Morgan fingerprint density at radius 2 is 2.00 bits per heavy atom. The van der Waals surface area contributed by atoms with Crippen molar-refractivity contribution in [1.82, 2.24) is 5.32 Å². The van der Waals surface area contributed by atoms with Crippen LogP contribution in [-0.2, 0) is 0 Å². The van der Waals surface area contributed by atoms with Gasteiger partial charge in [-0.3, -0.25) is 0 Å². The molecule has 0 saturated heterocycles. The molecule has 0 heterocycles. The first-order valence-electron chi connectivity index (χ1n) is 5.30. The third kappa shape index (κ3) is 4.67. The van der Waals surface area contributed by atoms with Gasteiger partial charge in [-0.25, -0.2) is 4.39 Å². The van der Waals surface area contributed by atoms with Crippen LogP contribution in [-0.4, -0.2) is 18.1 Å². The van der Waals surface area contributed by atoms with Gasteiger partial charge in [-0.2, -0.15) is 11.8 Å². The van der Waals surface area contributed by atoms with E-state index in [2.05, 4.69) is 19.2 Å². The second kappa shape index (κ2) is 6.85. The smallest absolute Gasteiger partial charge is 0.123 e. The molecular formula is C12H18FNS. The van der Waals surface area contributed by atoms with E-state index in [-0.39, 0.29) is 5.82 Å². The molecule has 1 aromatic carbocycles. The van der Waals surface area contributed by atoms with Crippen molar-refractivity contribution in [2.75, 3.05) is 18.1 Å². The zero-order valence-electron chi connectivity index (χ0n) is 9.29. The first-order valence-corrected chi connectivity index (χ1v) is 6.46. The Hall–Kier alpha value is -0.540. The van der Waals surface area contributed by atoms with Gasteiger partial charge in [-0.15, -0.1) is 0 Å². The van der Waals surface area contributed by atoms with Gasteiger partial charge in [0.05, 0.1) is 0 Å². The number of nitrogens with one attached hydrogen (secondary N) is 1. The summed E-state index contributed by atoms with van der Waals surface area (Å²) in [6, 6.07) is 6.98. The highest BCUT2D eigenvalue weighted by Gasteiger charge is 2.03. The van der Waals surface area contributed by atoms with Crippen molar-refractivity contribution < 1.29 is 4.39 Å². The van der Waals surface area contributed by atoms with Crippen molar-refractivity contribution in [3.05, 3.63) is 35.6 Å². The summed E-state index contributed by atoms with van der Waals surface area (Å²) in [5, 5.41) is 3.41. The van der Waals surface area contributed by atoms with Gasteiger partial charge in [0, 0.05) is 18.3 Å². The van der Waals surface area contributed by atoms with Crippen molar-refractivity contribution in [2.45, 2.75) is 19.9 Å². The van der Waals surface area contributed by atoms with E-state index in [9.17, 15) is 4.39 Å². The molecule has 1 aromatic rings. The first kappa shape index (κ1) is 12.5. The van der Waals surface area contributed by atoms with E-state index < -0.39 is 0 Å². The molecule has 0 spiro atoms. The highest BCUT2D eigenvalue weighted by molar-refractivity contribution is 7.99. The van der Waals surface area contributed by atoms with Gasteiger partial charge < -0.3 is 5.32 Å². The average Bonchev–Trinajstić information content (AvgIpc) is 2.25. The van der Waals surface area contributed by atoms with Gasteiger partial charge in [0.1, 0.15) is 5.82 Å². The van der Waals surface area contributed by atoms with Gasteiger partial charge in [0.25, 0.3) is 0 Å². The molecule has 1 N–H and O–H groups in total. The minimum absolute atomic E-state index is 0.174. The summed E-state index contributed by atoms with van der Waals surface area (Å²) in [6.07, 6.45) is 0. The zero-order chi connectivity index (χ0) is 11.1. The lowest BCUT2D eigenvalue weighted by atomic mass is 10.1. The predicted molar refractivity (Wildman–Crippen MR) is 65.8 cm³/mol. The Bertz CT molecular complexity index is 273. The van der Waals surface area contributed by atoms with E-state index in [1.165, 1.54) is 12.1 Å². The molecule has 15 heavy (non-hydrogen) atoms. The van der Waals surface area contributed by atoms with E-state index in [1.807, 2.05) is 23.9 Å². The minimum Gasteiger partial charge on any atom is -0.309 e. The van der Waals surface area contributed by atoms with Crippen LogP contribution < -0.4 is 5.32 Å². The highest BCUT2D eigenvalue weighted by atomic mass is 32.2. The van der Waals surface area contributed by atoms with E-state index in [0.29, 0.717) is 6.04 Å². The van der Waals surface area contributed by atoms with E-state index in [0.717, 1.165) is 23.6 Å². The number of benzene rings is 1. The Morgan fingerprint density at radius 3 is 2.60 bits per heavy atom. The molecule has 84 valence electrons. The second-order valence-electron chi connectivity index (χ2n) is 3.42. The van der Waals surface area contributed by atoms with Crippen LogP contribution in [0.5, 0.6) is 0 Å². The van der Waals surface area contributed by atoms with Gasteiger partial charge >= 0.3 is 0 Å². The zero-order valence-corrected chi connectivity index (χ0v) is 10.1. The van der Waals surface area contributed by atoms with Crippen molar-refractivity contribution >= 4 is 11.8 Å². The van der Waals surface area contributed by atoms with E-state index in [1.54, 1.807) is 0 Å². The lowest BCUT2D eigenvalue weighted by Gasteiger charge is -2.13. The standard InChI is InChI=1S/C12H18FNS/c1-3-15-9-8-14-10(2)11-4-6-12(13)7-5-11/h4-7,10,14H,3,8-9H2,1-2H3/t10-/m0/s1. The van der Waals surface area contributed by atoms with E-state index >= 15 is 0 Å². The number of hydrogen-bond donors (Lipinski definition) is 1. The van der Waals surface area contributed by atoms with Crippen molar-refractivity contribution in [2.24, 2.45) is 0 Å². The number of hydrogen-bond acceptors (Lipinski definition) is 2. The first-order chi connectivity index (χ1) is 7.24. The van der Waals surface area contributed by atoms with Crippen LogP contribution in [0.4, 0.5) is 4.39 Å². The SMILES string of the molecule is CCSCCN[C@@H](C)c1ccc(F)cc1. The largest absolute Gasteiger partial charge is 0.309 e. The maximum Gasteiger partial charge on any atom is 0.123 e. The fourth-order valence-electron chi connectivity index (χ4n) is 1.36. The molecule has 0 saturated carbocycles. The summed E-state index contributed by atoms with van der Waals surface area (Å²) in [4.78, 5) is 0. The number of thioether (sulfide) groups is 1. The lowest BCUT2D eigenvalue weighted by Crippen LogP contribution is -2.21. The Kier molecular flexibility index (Phi) is 5.73. The molecule has 0 radical (unpaired) electrons. The fraction of sp³-hybridized carbons (Fsp3) is 0.500. The lowest BCUT2D eigenvalue weighted by molar-refractivity contribution is 0.594. The maximum absolute atomic E-state index is 12.7.